The lowest BCUT2D eigenvalue weighted by Crippen LogP contribution is -2.25. The van der Waals surface area contributed by atoms with Crippen LogP contribution in [0.5, 0.6) is 0 Å². The fraction of sp³-hybridized carbons (Fsp3) is 0.300. The topological polar surface area (TPSA) is 61.4 Å². The summed E-state index contributed by atoms with van der Waals surface area (Å²) < 4.78 is 12.9. The lowest BCUT2D eigenvalue weighted by atomic mass is 10.1. The van der Waals surface area contributed by atoms with Crippen LogP contribution in [-0.4, -0.2) is 30.3 Å². The minimum atomic E-state index is -0.302. The highest BCUT2D eigenvalue weighted by molar-refractivity contribution is 5.97. The Labute approximate surface area is 152 Å². The Morgan fingerprint density at radius 3 is 2.58 bits per heavy atom. The minimum absolute atomic E-state index is 0.00155. The Morgan fingerprint density at radius 2 is 1.96 bits per heavy atom. The number of nitrogens with one attached hydrogen (secondary N) is 2. The number of halogens is 1. The molecule has 0 spiro atoms. The molecule has 1 heterocycles. The third-order valence-corrected chi connectivity index (χ3v) is 4.60. The second kappa shape index (κ2) is 7.56. The first-order chi connectivity index (χ1) is 12.4. The molecule has 136 valence electrons. The van der Waals surface area contributed by atoms with Crippen molar-refractivity contribution < 1.29 is 14.0 Å². The van der Waals surface area contributed by atoms with Crippen molar-refractivity contribution in [3.05, 3.63) is 59.4 Å². The van der Waals surface area contributed by atoms with Crippen LogP contribution in [0.15, 0.2) is 42.5 Å². The highest BCUT2D eigenvalue weighted by Gasteiger charge is 2.32. The molecule has 3 rings (SSSR count). The van der Waals surface area contributed by atoms with Gasteiger partial charge in [-0.15, -0.1) is 0 Å². The smallest absolute Gasteiger partial charge is 0.229 e. The van der Waals surface area contributed by atoms with Gasteiger partial charge in [0.15, 0.2) is 0 Å². The monoisotopic (exact) mass is 355 g/mol. The molecule has 0 aromatic heterocycles. The number of likely N-dealkylation sites (tertiary alicyclic amines) is 1. The van der Waals surface area contributed by atoms with Gasteiger partial charge in [-0.05, 0) is 48.4 Å². The van der Waals surface area contributed by atoms with Gasteiger partial charge in [0, 0.05) is 37.9 Å². The van der Waals surface area contributed by atoms with E-state index >= 15 is 0 Å². The summed E-state index contributed by atoms with van der Waals surface area (Å²) in [5, 5.41) is 6.20. The molecule has 5 nitrogen and oxygen atoms in total. The van der Waals surface area contributed by atoms with E-state index in [2.05, 4.69) is 10.6 Å². The molecule has 0 aliphatic carbocycles. The molecule has 1 fully saturated rings. The zero-order chi connectivity index (χ0) is 18.7. The summed E-state index contributed by atoms with van der Waals surface area (Å²) >= 11 is 0. The van der Waals surface area contributed by atoms with Crippen molar-refractivity contribution in [2.75, 3.05) is 24.2 Å². The van der Waals surface area contributed by atoms with Gasteiger partial charge in [0.05, 0.1) is 5.92 Å². The van der Waals surface area contributed by atoms with Gasteiger partial charge in [-0.3, -0.25) is 9.59 Å². The maximum atomic E-state index is 12.9. The van der Waals surface area contributed by atoms with Gasteiger partial charge in [-0.1, -0.05) is 12.1 Å². The summed E-state index contributed by atoms with van der Waals surface area (Å²) in [7, 11) is 1.71. The van der Waals surface area contributed by atoms with E-state index in [-0.39, 0.29) is 30.0 Å². The number of hydrogen-bond donors (Lipinski definition) is 2. The number of amides is 2. The SMILES string of the molecule is Cc1cc(NC(=O)C2CC(=O)N(C)C2)ccc1NCc1ccc(F)cc1. The molecular formula is C20H22FN3O2. The highest BCUT2D eigenvalue weighted by atomic mass is 19.1. The largest absolute Gasteiger partial charge is 0.381 e. The average Bonchev–Trinajstić information content (AvgIpc) is 2.95. The maximum Gasteiger partial charge on any atom is 0.229 e. The minimum Gasteiger partial charge on any atom is -0.381 e. The van der Waals surface area contributed by atoms with E-state index in [1.54, 1.807) is 24.1 Å². The van der Waals surface area contributed by atoms with Gasteiger partial charge in [0.2, 0.25) is 11.8 Å². The molecule has 1 aliphatic heterocycles. The predicted octanol–water partition coefficient (Wildman–Crippen LogP) is 3.16. The lowest BCUT2D eigenvalue weighted by molar-refractivity contribution is -0.127. The van der Waals surface area contributed by atoms with Crippen LogP contribution in [0.3, 0.4) is 0 Å². The first-order valence-corrected chi connectivity index (χ1v) is 8.56. The third-order valence-electron chi connectivity index (χ3n) is 4.60. The van der Waals surface area contributed by atoms with Crippen LogP contribution in [0.2, 0.25) is 0 Å². The molecule has 1 aliphatic rings. The molecule has 1 saturated heterocycles. The molecule has 2 aromatic carbocycles. The second-order valence-corrected chi connectivity index (χ2v) is 6.67. The molecule has 0 saturated carbocycles. The summed E-state index contributed by atoms with van der Waals surface area (Å²) in [4.78, 5) is 25.4. The van der Waals surface area contributed by atoms with Crippen LogP contribution in [0, 0.1) is 18.7 Å². The summed E-state index contributed by atoms with van der Waals surface area (Å²) in [6, 6.07) is 12.0. The van der Waals surface area contributed by atoms with Gasteiger partial charge >= 0.3 is 0 Å². The van der Waals surface area contributed by atoms with Crippen molar-refractivity contribution in [1.82, 2.24) is 4.90 Å². The summed E-state index contributed by atoms with van der Waals surface area (Å²) in [6.45, 7) is 3.00. The molecule has 0 bridgehead atoms. The Bertz CT molecular complexity index is 820. The van der Waals surface area contributed by atoms with Crippen molar-refractivity contribution in [3.8, 4) is 0 Å². The number of carbonyl (C=O) groups is 2. The third kappa shape index (κ3) is 4.20. The van der Waals surface area contributed by atoms with E-state index in [1.165, 1.54) is 12.1 Å². The number of carbonyl (C=O) groups excluding carboxylic acids is 2. The van der Waals surface area contributed by atoms with Crippen LogP contribution < -0.4 is 10.6 Å². The van der Waals surface area contributed by atoms with Gasteiger partial charge < -0.3 is 15.5 Å². The Hall–Kier alpha value is -2.89. The van der Waals surface area contributed by atoms with Gasteiger partial charge in [0.25, 0.3) is 0 Å². The van der Waals surface area contributed by atoms with E-state index in [0.29, 0.717) is 18.8 Å². The molecule has 1 unspecified atom stereocenters. The van der Waals surface area contributed by atoms with Gasteiger partial charge in [-0.2, -0.15) is 0 Å². The molecule has 2 amide bonds. The lowest BCUT2D eigenvalue weighted by Gasteiger charge is -2.14. The molecule has 2 aromatic rings. The van der Waals surface area contributed by atoms with Crippen molar-refractivity contribution in [3.63, 3.8) is 0 Å². The van der Waals surface area contributed by atoms with Crippen molar-refractivity contribution >= 4 is 23.2 Å². The van der Waals surface area contributed by atoms with Crippen LogP contribution in [0.1, 0.15) is 17.5 Å². The molecule has 1 atom stereocenters. The number of anilines is 2. The number of aryl methyl sites for hydroxylation is 1. The summed E-state index contributed by atoms with van der Waals surface area (Å²) in [5.74, 6) is -0.681. The highest BCUT2D eigenvalue weighted by Crippen LogP contribution is 2.23. The molecular weight excluding hydrogens is 333 g/mol. The van der Waals surface area contributed by atoms with Crippen LogP contribution >= 0.6 is 0 Å². The average molecular weight is 355 g/mol. The van der Waals surface area contributed by atoms with Crippen LogP contribution in [0.4, 0.5) is 15.8 Å². The van der Waals surface area contributed by atoms with Crippen LogP contribution in [-0.2, 0) is 16.1 Å². The number of rotatable bonds is 5. The normalized spacial score (nSPS) is 16.7. The molecule has 6 heteroatoms. The fourth-order valence-corrected chi connectivity index (χ4v) is 3.02. The van der Waals surface area contributed by atoms with E-state index in [9.17, 15) is 14.0 Å². The first-order valence-electron chi connectivity index (χ1n) is 8.56. The molecule has 0 radical (unpaired) electrons. The predicted molar refractivity (Wildman–Crippen MR) is 99.3 cm³/mol. The van der Waals surface area contributed by atoms with Gasteiger partial charge in [-0.25, -0.2) is 4.39 Å². The number of nitrogens with zero attached hydrogens (tertiary/aromatic N) is 1. The zero-order valence-corrected chi connectivity index (χ0v) is 14.9. The maximum absolute atomic E-state index is 12.9. The van der Waals surface area contributed by atoms with E-state index < -0.39 is 0 Å². The zero-order valence-electron chi connectivity index (χ0n) is 14.9. The Morgan fingerprint density at radius 1 is 1.23 bits per heavy atom. The van der Waals surface area contributed by atoms with Crippen molar-refractivity contribution in [1.29, 1.82) is 0 Å². The van der Waals surface area contributed by atoms with E-state index in [0.717, 1.165) is 16.8 Å². The molecule has 2 N–H and O–H groups in total. The number of benzene rings is 2. The molecule has 26 heavy (non-hydrogen) atoms. The standard InChI is InChI=1S/C20H22FN3O2/c1-13-9-17(23-20(26)15-10-19(25)24(2)12-15)7-8-18(13)22-11-14-3-5-16(21)6-4-14/h3-9,15,22H,10-12H2,1-2H3,(H,23,26). The van der Waals surface area contributed by atoms with Crippen molar-refractivity contribution in [2.24, 2.45) is 5.92 Å². The Balaban J connectivity index is 1.59. The fourth-order valence-electron chi connectivity index (χ4n) is 3.02. The van der Waals surface area contributed by atoms with Gasteiger partial charge in [0.1, 0.15) is 5.82 Å². The quantitative estimate of drug-likeness (QED) is 0.866. The van der Waals surface area contributed by atoms with E-state index in [1.807, 2.05) is 25.1 Å². The Kier molecular flexibility index (Phi) is 5.21. The number of hydrogen-bond acceptors (Lipinski definition) is 3. The van der Waals surface area contributed by atoms with Crippen LogP contribution in [0.25, 0.3) is 0 Å². The van der Waals surface area contributed by atoms with Crippen molar-refractivity contribution in [2.45, 2.75) is 19.9 Å². The summed E-state index contributed by atoms with van der Waals surface area (Å²) in [6.07, 6.45) is 0.263. The van der Waals surface area contributed by atoms with E-state index in [4.69, 9.17) is 0 Å². The second-order valence-electron chi connectivity index (χ2n) is 6.67. The first kappa shape index (κ1) is 17.9. The summed E-state index contributed by atoms with van der Waals surface area (Å²) in [5.41, 5.74) is 3.63.